The van der Waals surface area contributed by atoms with E-state index in [4.69, 9.17) is 90.0 Å². The maximum atomic E-state index is 13.3. The first-order valence-corrected chi connectivity index (χ1v) is 41.0. The predicted molar refractivity (Wildman–Crippen MR) is 398 cm³/mol. The molecule has 10 aliphatic rings. The number of hydrogen-bond acceptors (Lipinski definition) is 50. The van der Waals surface area contributed by atoms with Crippen LogP contribution in [0, 0.1) is 0 Å². The summed E-state index contributed by atoms with van der Waals surface area (Å²) in [7, 11) is 0. The minimum atomic E-state index is -2.63. The van der Waals surface area contributed by atoms with Crippen LogP contribution in [0.1, 0.15) is 48.5 Å². The minimum absolute atomic E-state index is 0.805. The summed E-state index contributed by atoms with van der Waals surface area (Å²) >= 11 is 0. The van der Waals surface area contributed by atoms with Crippen LogP contribution in [0.2, 0.25) is 0 Å². The Labute approximate surface area is 726 Å². The summed E-state index contributed by atoms with van der Waals surface area (Å²) in [6, 6.07) is -11.1. The first kappa shape index (κ1) is 105. The molecule has 10 saturated heterocycles. The molecule has 0 spiro atoms. The number of carbonyl (C=O) groups excluding carboxylic acids is 6. The molecule has 0 aromatic heterocycles. The Morgan fingerprint density at radius 1 is 0.219 bits per heavy atom. The smallest absolute Gasteiger partial charge is 0.217 e. The third-order valence-electron chi connectivity index (χ3n) is 23.2. The number of nitrogens with one attached hydrogen (secondary N) is 6. The van der Waals surface area contributed by atoms with E-state index >= 15 is 0 Å². The van der Waals surface area contributed by atoms with Crippen LogP contribution in [0.15, 0.2) is 0 Å². The second-order valence-electron chi connectivity index (χ2n) is 32.5. The van der Waals surface area contributed by atoms with Gasteiger partial charge in [-0.15, -0.1) is 0 Å². The summed E-state index contributed by atoms with van der Waals surface area (Å²) in [6.45, 7) is -2.98. The number of rotatable bonds is 33. The van der Waals surface area contributed by atoms with E-state index < -0.39 is 402 Å². The average molecular weight is 1870 g/mol. The van der Waals surface area contributed by atoms with E-state index in [2.05, 4.69) is 31.9 Å². The van der Waals surface area contributed by atoms with E-state index in [9.17, 15) is 156 Å². The van der Waals surface area contributed by atoms with Gasteiger partial charge in [0.05, 0.1) is 65.6 Å². The minimum Gasteiger partial charge on any atom is -0.394 e. The molecule has 31 N–H and O–H groups in total. The van der Waals surface area contributed by atoms with E-state index in [1.165, 1.54) is 6.92 Å². The summed E-state index contributed by atoms with van der Waals surface area (Å²) in [4.78, 5) is 76.8. The van der Waals surface area contributed by atoms with Gasteiger partial charge in [-0.25, -0.2) is 0 Å². The molecule has 0 aromatic rings. The molecule has 50 atom stereocenters. The van der Waals surface area contributed by atoms with Crippen molar-refractivity contribution in [1.82, 2.24) is 31.9 Å². The molecule has 1 unspecified atom stereocenters. The highest BCUT2D eigenvalue weighted by molar-refractivity contribution is 5.75. The van der Waals surface area contributed by atoms with Gasteiger partial charge < -0.3 is 250 Å². The van der Waals surface area contributed by atoms with E-state index in [1.54, 1.807) is 0 Å². The molecule has 10 aliphatic heterocycles. The Morgan fingerprint density at radius 2 is 0.484 bits per heavy atom. The summed E-state index contributed by atoms with van der Waals surface area (Å²) in [6.07, 6.45) is -91.7. The first-order valence-electron chi connectivity index (χ1n) is 41.0. The molecule has 738 valence electrons. The van der Waals surface area contributed by atoms with Crippen LogP contribution in [0.3, 0.4) is 0 Å². The number of amides is 6. The Balaban J connectivity index is 1.01. The van der Waals surface area contributed by atoms with E-state index in [0.717, 1.165) is 41.5 Å². The Bertz CT molecular complexity index is 3550. The zero-order chi connectivity index (χ0) is 94.4. The molecular formula is C72H120N6O50. The highest BCUT2D eigenvalue weighted by Gasteiger charge is 2.62. The number of ether oxygens (including phenoxy) is 19. The van der Waals surface area contributed by atoms with Crippen molar-refractivity contribution in [2.45, 2.75) is 355 Å². The van der Waals surface area contributed by atoms with Gasteiger partial charge in [-0.05, 0) is 6.92 Å². The lowest BCUT2D eigenvalue weighted by atomic mass is 9.93. The fraction of sp³-hybridized carbons (Fsp3) is 0.917. The van der Waals surface area contributed by atoms with Gasteiger partial charge in [0.25, 0.3) is 0 Å². The third-order valence-corrected chi connectivity index (χ3v) is 23.2. The van der Waals surface area contributed by atoms with Gasteiger partial charge in [-0.1, -0.05) is 0 Å². The highest BCUT2D eigenvalue weighted by Crippen LogP contribution is 2.41. The molecule has 128 heavy (non-hydrogen) atoms. The molecule has 0 saturated carbocycles. The van der Waals surface area contributed by atoms with Crippen molar-refractivity contribution >= 4 is 35.4 Å². The lowest BCUT2D eigenvalue weighted by Gasteiger charge is -2.51. The van der Waals surface area contributed by atoms with Crippen LogP contribution in [-0.2, 0) is 119 Å². The first-order chi connectivity index (χ1) is 60.5. The molecule has 56 heteroatoms. The zero-order valence-corrected chi connectivity index (χ0v) is 69.6. The quantitative estimate of drug-likeness (QED) is 0.0290. The number of aliphatic hydroxyl groups is 25. The Hall–Kier alpha value is -4.94. The molecule has 10 fully saturated rings. The van der Waals surface area contributed by atoms with Crippen LogP contribution in [0.25, 0.3) is 0 Å². The monoisotopic (exact) mass is 1870 g/mol. The number of hydrogen-bond donors (Lipinski definition) is 31. The molecule has 0 aromatic carbocycles. The lowest BCUT2D eigenvalue weighted by Crippen LogP contribution is -2.71. The molecule has 0 radical (unpaired) electrons. The maximum absolute atomic E-state index is 13.3. The van der Waals surface area contributed by atoms with Crippen molar-refractivity contribution < 1.29 is 246 Å². The average Bonchev–Trinajstić information content (AvgIpc) is 0.769. The van der Waals surface area contributed by atoms with Gasteiger partial charge in [0.1, 0.15) is 238 Å². The van der Waals surface area contributed by atoms with Crippen molar-refractivity contribution in [3.8, 4) is 0 Å². The highest BCUT2D eigenvalue weighted by atomic mass is 16.8. The lowest BCUT2D eigenvalue weighted by molar-refractivity contribution is -0.398. The summed E-state index contributed by atoms with van der Waals surface area (Å²) in [5.41, 5.74) is 0. The van der Waals surface area contributed by atoms with E-state index in [1.807, 2.05) is 0 Å². The van der Waals surface area contributed by atoms with Crippen LogP contribution in [0.5, 0.6) is 0 Å². The van der Waals surface area contributed by atoms with Gasteiger partial charge in [0.15, 0.2) is 62.9 Å². The fourth-order valence-corrected chi connectivity index (χ4v) is 16.6. The molecule has 6 amide bonds. The van der Waals surface area contributed by atoms with Crippen LogP contribution in [-0.4, -0.2) is 529 Å². The number of aliphatic hydroxyl groups excluding tert-OH is 25. The van der Waals surface area contributed by atoms with E-state index in [0.29, 0.717) is 0 Å². The second-order valence-corrected chi connectivity index (χ2v) is 32.5. The zero-order valence-electron chi connectivity index (χ0n) is 69.6. The molecule has 0 aliphatic carbocycles. The SMILES string of the molecule is CC(=O)N[C@H]1[C@H](O[C@H]2[C@H](O)[C@@H](NC(C)=O)C(O)O[C@@H]2CO)O[C@H](CO)[C@@H](O[C@@H]2O[C@H](CO[C@H]3O[C@H](CO)[C@@H](O)[C@H](O)[C@@H]3O[C@@H]3O[C@H](CO[C@@H]4O[C@@H](C)[C@@H](O)[C@@H](O)[C@@H]4O)[C@@H](O[C@@H]4O[C@H](CO)[C@H](O)[C@H](O)[C@H]4NC(C)=O)[C@H](O)[C@H]3NC(C)=O)[C@@H](O)[C@H](O[C@H]3O[C@H](CO)[C@@H](O)[C@H](O)[C@@H]3O[C@@H]3O[C@H](CO)[C@@H](O[C@@H]4O[C@H](CO)[C@H](O)[C@H](O)[C@H]4NC(C)=O)[C@H](O)[C@H]3NC(C)=O)[C@@H]2O)[C@@H]1O. The summed E-state index contributed by atoms with van der Waals surface area (Å²) < 4.78 is 115. The second kappa shape index (κ2) is 46.1. The molecule has 10 heterocycles. The van der Waals surface area contributed by atoms with Crippen LogP contribution >= 0.6 is 0 Å². The standard InChI is InChI=1S/C72H120N6O50/c1-17-39(92)51(104)54(107)69(112-17)110-16-32-59(124-65-35(75-20(4)88)46(99)41(94)25(9-80)115-65)50(103)38(78-23(7)91)68(121-32)127-61-52(105)42(95)26(10-81)116-71(61)111-15-31-44(97)60(55(108)70(120-31)125-58-30(14-85)118-66(36(49(58)102)76-21(5)89)122-56-28(12-83)113-63(109)33(47(56)100)73-18(2)86)126-72-62(53(106)43(96)27(11-82)117-72)128-67-37(77-22(6)90)48(101)57(29(13-84)119-67)123-64-34(74-19(3)87)45(98)40(93)24(8-79)114-64/h17,24-72,79-85,92-109H,8-16H2,1-7H3,(H,73,86)(H,74,87)(H,75,88)(H,76,89)(H,77,90)(H,78,91)/t17-,24+,25+,26+,27+,28+,29+,30+,31+,32+,33+,34+,35+,36+,37+,38+,39+,40-,41-,42+,43+,44+,45+,46+,47+,48+,49+,50+,51+,52-,53-,54-,55-,56+,57+,58+,59+,60-,61-,62-,63?,64-,65-,66-,67-,68-,69+,70-,71-,72+/m0/s1. The van der Waals surface area contributed by atoms with Crippen LogP contribution in [0.4, 0.5) is 0 Å². The van der Waals surface area contributed by atoms with Crippen LogP contribution < -0.4 is 31.9 Å². The third kappa shape index (κ3) is 23.8. The molecule has 56 nitrogen and oxygen atoms in total. The summed E-state index contributed by atoms with van der Waals surface area (Å²) in [5, 5.41) is 297. The Kier molecular flexibility index (Phi) is 37.8. The molecular weight excluding hydrogens is 1750 g/mol. The van der Waals surface area contributed by atoms with Crippen molar-refractivity contribution in [2.24, 2.45) is 0 Å². The largest absolute Gasteiger partial charge is 0.394 e. The van der Waals surface area contributed by atoms with Crippen molar-refractivity contribution in [1.29, 1.82) is 0 Å². The van der Waals surface area contributed by atoms with Gasteiger partial charge >= 0.3 is 0 Å². The van der Waals surface area contributed by atoms with E-state index in [-0.39, 0.29) is 0 Å². The fourth-order valence-electron chi connectivity index (χ4n) is 16.6. The molecule has 10 rings (SSSR count). The van der Waals surface area contributed by atoms with Crippen molar-refractivity contribution in [3.05, 3.63) is 0 Å². The van der Waals surface area contributed by atoms with Crippen molar-refractivity contribution in [3.63, 3.8) is 0 Å². The van der Waals surface area contributed by atoms with Gasteiger partial charge in [0.2, 0.25) is 35.4 Å². The summed E-state index contributed by atoms with van der Waals surface area (Å²) in [5.74, 6) is -5.42. The normalized spacial score (nSPS) is 47.8. The van der Waals surface area contributed by atoms with Gasteiger partial charge in [0, 0.05) is 41.5 Å². The predicted octanol–water partition coefficient (Wildman–Crippen LogP) is -20.9. The molecule has 0 bridgehead atoms. The topological polar surface area (TPSA) is 856 Å². The van der Waals surface area contributed by atoms with Crippen molar-refractivity contribution in [2.75, 3.05) is 59.5 Å². The van der Waals surface area contributed by atoms with Gasteiger partial charge in [-0.2, -0.15) is 0 Å². The maximum Gasteiger partial charge on any atom is 0.217 e. The Morgan fingerprint density at radius 3 is 0.867 bits per heavy atom. The number of carbonyl (C=O) groups is 6. The van der Waals surface area contributed by atoms with Gasteiger partial charge in [-0.3, -0.25) is 28.8 Å².